The Morgan fingerprint density at radius 1 is 1.44 bits per heavy atom. The number of alkyl carbamates (subject to hydrolysis) is 1. The fraction of sp³-hybridized carbons (Fsp3) is 0.389. The third kappa shape index (κ3) is 3.21. The van der Waals surface area contributed by atoms with Crippen molar-refractivity contribution >= 4 is 33.7 Å². The lowest BCUT2D eigenvalue weighted by Gasteiger charge is -2.39. The zero-order chi connectivity index (χ0) is 18.8. The molecule has 2 N–H and O–H groups in total. The SMILES string of the molecule is CC1CCC(OC(=O)NCC#N)CN1c1[nH]ncc2cnc3nccc3c12. The number of nitrogens with zero attached hydrogens (tertiary/aromatic N) is 5. The van der Waals surface area contributed by atoms with E-state index < -0.39 is 6.09 Å². The molecular formula is C18H19N7O2. The number of carbonyl (C=O) groups excluding carboxylic acids is 1. The second-order valence-corrected chi connectivity index (χ2v) is 6.61. The van der Waals surface area contributed by atoms with Crippen LogP contribution in [0.2, 0.25) is 0 Å². The number of hydrogen-bond donors (Lipinski definition) is 2. The number of H-pyrrole nitrogens is 1. The van der Waals surface area contributed by atoms with Gasteiger partial charge in [0.1, 0.15) is 18.5 Å². The third-order valence-corrected chi connectivity index (χ3v) is 4.89. The summed E-state index contributed by atoms with van der Waals surface area (Å²) in [5, 5.41) is 21.3. The first-order valence-corrected chi connectivity index (χ1v) is 8.82. The zero-order valence-electron chi connectivity index (χ0n) is 14.8. The van der Waals surface area contributed by atoms with Crippen molar-refractivity contribution < 1.29 is 9.53 Å². The van der Waals surface area contributed by atoms with Gasteiger partial charge in [0, 0.05) is 34.6 Å². The van der Waals surface area contributed by atoms with E-state index >= 15 is 0 Å². The topological polar surface area (TPSA) is 120 Å². The number of anilines is 1. The summed E-state index contributed by atoms with van der Waals surface area (Å²) in [6, 6.07) is 4.06. The first-order valence-electron chi connectivity index (χ1n) is 8.82. The van der Waals surface area contributed by atoms with Crippen LogP contribution in [0.3, 0.4) is 0 Å². The molecule has 0 saturated carbocycles. The molecule has 9 heteroatoms. The van der Waals surface area contributed by atoms with Crippen molar-refractivity contribution in [3.05, 3.63) is 24.7 Å². The fourth-order valence-corrected chi connectivity index (χ4v) is 3.55. The van der Waals surface area contributed by atoms with Gasteiger partial charge in [-0.1, -0.05) is 0 Å². The fourth-order valence-electron chi connectivity index (χ4n) is 3.55. The molecule has 1 aliphatic heterocycles. The summed E-state index contributed by atoms with van der Waals surface area (Å²) >= 11 is 0. The van der Waals surface area contributed by atoms with E-state index in [0.717, 1.165) is 34.8 Å². The number of amides is 1. The Bertz CT molecular complexity index is 1030. The molecule has 1 aliphatic rings. The van der Waals surface area contributed by atoms with Gasteiger partial charge in [-0.3, -0.25) is 5.10 Å². The normalized spacial score (nSPS) is 19.8. The molecule has 4 heterocycles. The van der Waals surface area contributed by atoms with Crippen LogP contribution in [0.1, 0.15) is 19.8 Å². The van der Waals surface area contributed by atoms with Gasteiger partial charge in [0.05, 0.1) is 18.8 Å². The van der Waals surface area contributed by atoms with Gasteiger partial charge in [0.25, 0.3) is 0 Å². The van der Waals surface area contributed by atoms with Crippen LogP contribution >= 0.6 is 0 Å². The predicted octanol–water partition coefficient (Wildman–Crippen LogP) is 2.11. The molecule has 0 radical (unpaired) electrons. The summed E-state index contributed by atoms with van der Waals surface area (Å²) in [7, 11) is 0. The van der Waals surface area contributed by atoms with Crippen molar-refractivity contribution in [1.29, 1.82) is 5.26 Å². The van der Waals surface area contributed by atoms with E-state index in [9.17, 15) is 4.79 Å². The van der Waals surface area contributed by atoms with E-state index in [4.69, 9.17) is 10.00 Å². The Hall–Kier alpha value is -3.41. The minimum Gasteiger partial charge on any atom is -0.444 e. The standard InChI is InChI=1S/C18H19N7O2/c1-11-2-3-13(27-18(26)21-7-5-19)10-25(11)17-15-12(9-23-24-17)8-22-16-14(15)4-6-20-16/h4,6,8-9,11,13,24H,2-3,7,10H2,1H3,(H,21,26). The van der Waals surface area contributed by atoms with Gasteiger partial charge in [-0.25, -0.2) is 14.8 Å². The molecule has 2 atom stereocenters. The second-order valence-electron chi connectivity index (χ2n) is 6.61. The number of pyridine rings is 1. The van der Waals surface area contributed by atoms with Gasteiger partial charge < -0.3 is 15.0 Å². The zero-order valence-corrected chi connectivity index (χ0v) is 14.8. The van der Waals surface area contributed by atoms with Crippen molar-refractivity contribution in [2.45, 2.75) is 31.9 Å². The van der Waals surface area contributed by atoms with Gasteiger partial charge in [-0.15, -0.1) is 0 Å². The van der Waals surface area contributed by atoms with Crippen molar-refractivity contribution in [1.82, 2.24) is 25.5 Å². The van der Waals surface area contributed by atoms with Crippen molar-refractivity contribution in [2.24, 2.45) is 0 Å². The van der Waals surface area contributed by atoms with Gasteiger partial charge in [-0.05, 0) is 25.8 Å². The summed E-state index contributed by atoms with van der Waals surface area (Å²) in [6.07, 6.45) is 6.07. The summed E-state index contributed by atoms with van der Waals surface area (Å²) in [4.78, 5) is 22.6. The van der Waals surface area contributed by atoms with E-state index in [1.165, 1.54) is 0 Å². The molecule has 9 nitrogen and oxygen atoms in total. The number of hydrogen-bond acceptors (Lipinski definition) is 7. The Kier molecular flexibility index (Phi) is 4.46. The van der Waals surface area contributed by atoms with Crippen LogP contribution in [-0.4, -0.2) is 51.5 Å². The first kappa shape index (κ1) is 17.0. The number of carbonyl (C=O) groups is 1. The van der Waals surface area contributed by atoms with Crippen molar-refractivity contribution in [2.75, 3.05) is 18.0 Å². The van der Waals surface area contributed by atoms with Gasteiger partial charge >= 0.3 is 6.09 Å². The maximum atomic E-state index is 11.8. The van der Waals surface area contributed by atoms with Gasteiger partial charge in [-0.2, -0.15) is 10.4 Å². The number of fused-ring (bicyclic) bond motifs is 3. The van der Waals surface area contributed by atoms with E-state index in [1.54, 1.807) is 18.6 Å². The minimum absolute atomic E-state index is 0.0678. The molecule has 3 aromatic heterocycles. The highest BCUT2D eigenvalue weighted by atomic mass is 16.6. The summed E-state index contributed by atoms with van der Waals surface area (Å²) < 4.78 is 5.48. The number of aromatic nitrogens is 4. The number of nitrogens with one attached hydrogen (secondary N) is 2. The van der Waals surface area contributed by atoms with E-state index in [-0.39, 0.29) is 18.7 Å². The maximum Gasteiger partial charge on any atom is 0.408 e. The number of rotatable bonds is 3. The van der Waals surface area contributed by atoms with E-state index in [1.807, 2.05) is 12.1 Å². The van der Waals surface area contributed by atoms with Crippen LogP contribution in [0.4, 0.5) is 10.6 Å². The monoisotopic (exact) mass is 365 g/mol. The predicted molar refractivity (Wildman–Crippen MR) is 99.1 cm³/mol. The van der Waals surface area contributed by atoms with Gasteiger partial charge in [0.15, 0.2) is 5.65 Å². The van der Waals surface area contributed by atoms with Gasteiger partial charge in [0.2, 0.25) is 0 Å². The molecule has 138 valence electrons. The minimum atomic E-state index is -0.567. The average Bonchev–Trinajstić information content (AvgIpc) is 3.16. The molecule has 1 amide bonds. The quantitative estimate of drug-likeness (QED) is 0.682. The Morgan fingerprint density at radius 3 is 3.19 bits per heavy atom. The molecule has 1 fully saturated rings. The summed E-state index contributed by atoms with van der Waals surface area (Å²) in [5.41, 5.74) is 0.691. The van der Waals surface area contributed by atoms with Crippen molar-refractivity contribution in [3.8, 4) is 6.07 Å². The maximum absolute atomic E-state index is 11.8. The van der Waals surface area contributed by atoms with Crippen LogP contribution in [0.5, 0.6) is 0 Å². The molecule has 0 spiro atoms. The second kappa shape index (κ2) is 7.07. The Balaban J connectivity index is 1.66. The van der Waals surface area contributed by atoms with Crippen molar-refractivity contribution in [3.63, 3.8) is 0 Å². The molecule has 27 heavy (non-hydrogen) atoms. The first-order chi connectivity index (χ1) is 13.2. The smallest absolute Gasteiger partial charge is 0.408 e. The van der Waals surface area contributed by atoms with E-state index in [0.29, 0.717) is 12.2 Å². The number of piperidine rings is 1. The number of aromatic amines is 1. The molecule has 2 unspecified atom stereocenters. The van der Waals surface area contributed by atoms with Crippen LogP contribution < -0.4 is 10.2 Å². The summed E-state index contributed by atoms with van der Waals surface area (Å²) in [6.45, 7) is 2.61. The molecule has 3 aromatic rings. The van der Waals surface area contributed by atoms with Crippen LogP contribution in [-0.2, 0) is 4.74 Å². The molecule has 4 rings (SSSR count). The number of nitriles is 1. The van der Waals surface area contributed by atoms with Crippen LogP contribution in [0, 0.1) is 11.3 Å². The molecule has 0 bridgehead atoms. The average molecular weight is 365 g/mol. The Morgan fingerprint density at radius 2 is 2.33 bits per heavy atom. The largest absolute Gasteiger partial charge is 0.444 e. The highest BCUT2D eigenvalue weighted by Crippen LogP contribution is 2.33. The number of ether oxygens (including phenoxy) is 1. The molecule has 1 saturated heterocycles. The lowest BCUT2D eigenvalue weighted by molar-refractivity contribution is 0.0846. The highest BCUT2D eigenvalue weighted by molar-refractivity contribution is 6.10. The molecular weight excluding hydrogens is 346 g/mol. The van der Waals surface area contributed by atoms with Crippen LogP contribution in [0.15, 0.2) is 24.7 Å². The molecule has 0 aromatic carbocycles. The summed E-state index contributed by atoms with van der Waals surface area (Å²) in [5.74, 6) is 0.867. The van der Waals surface area contributed by atoms with E-state index in [2.05, 4.69) is 37.3 Å². The van der Waals surface area contributed by atoms with Crippen LogP contribution in [0.25, 0.3) is 21.8 Å². The third-order valence-electron chi connectivity index (χ3n) is 4.89. The lowest BCUT2D eigenvalue weighted by Crippen LogP contribution is -2.47. The highest BCUT2D eigenvalue weighted by Gasteiger charge is 2.30. The lowest BCUT2D eigenvalue weighted by atomic mass is 10.0. The Labute approximate surface area is 155 Å². The molecule has 0 aliphatic carbocycles.